The average molecular weight is 327 g/mol. The molecule has 1 N–H and O–H groups in total. The highest BCUT2D eigenvalue weighted by Gasteiger charge is 2.16. The molecule has 1 heterocycles. The van der Waals surface area contributed by atoms with Gasteiger partial charge in [0.25, 0.3) is 5.91 Å². The summed E-state index contributed by atoms with van der Waals surface area (Å²) in [6.07, 6.45) is 0. The van der Waals surface area contributed by atoms with Gasteiger partial charge < -0.3 is 15.1 Å². The first-order valence-electron chi connectivity index (χ1n) is 8.14. The van der Waals surface area contributed by atoms with Crippen molar-refractivity contribution in [2.45, 2.75) is 20.8 Å². The maximum absolute atomic E-state index is 12.5. The van der Waals surface area contributed by atoms with Crippen molar-refractivity contribution < 1.29 is 4.79 Å². The number of anilines is 3. The molecule has 2 rings (SSSR count). The third-order valence-corrected chi connectivity index (χ3v) is 3.76. The molecule has 0 aliphatic rings. The molecule has 0 aliphatic heterocycles. The Balaban J connectivity index is 2.23. The van der Waals surface area contributed by atoms with Crippen molar-refractivity contribution in [2.24, 2.45) is 0 Å². The van der Waals surface area contributed by atoms with E-state index in [1.165, 1.54) is 0 Å². The van der Waals surface area contributed by atoms with E-state index in [2.05, 4.69) is 15.3 Å². The summed E-state index contributed by atoms with van der Waals surface area (Å²) in [5.41, 5.74) is 3.17. The Kier molecular flexibility index (Phi) is 5.73. The molecule has 0 spiro atoms. The molecule has 0 bridgehead atoms. The molecular formula is C18H25N5O. The van der Waals surface area contributed by atoms with Crippen LogP contribution in [0.2, 0.25) is 0 Å². The lowest BCUT2D eigenvalue weighted by atomic mass is 10.2. The summed E-state index contributed by atoms with van der Waals surface area (Å²) in [5, 5.41) is 3.17. The Morgan fingerprint density at radius 2 is 1.71 bits per heavy atom. The van der Waals surface area contributed by atoms with Gasteiger partial charge in [-0.15, -0.1) is 0 Å². The topological polar surface area (TPSA) is 61.4 Å². The summed E-state index contributed by atoms with van der Waals surface area (Å²) in [4.78, 5) is 25.0. The number of amides is 1. The third kappa shape index (κ3) is 4.22. The van der Waals surface area contributed by atoms with Gasteiger partial charge in [0.2, 0.25) is 5.95 Å². The number of nitrogens with zero attached hydrogens (tertiary/aromatic N) is 4. The molecule has 1 aromatic heterocycles. The van der Waals surface area contributed by atoms with E-state index in [9.17, 15) is 4.79 Å². The van der Waals surface area contributed by atoms with E-state index >= 15 is 0 Å². The molecule has 128 valence electrons. The number of nitrogens with one attached hydrogen (secondary N) is 1. The zero-order valence-corrected chi connectivity index (χ0v) is 15.0. The zero-order chi connectivity index (χ0) is 17.7. The molecule has 6 heteroatoms. The van der Waals surface area contributed by atoms with Gasteiger partial charge in [-0.05, 0) is 51.1 Å². The number of hydrogen-bond acceptors (Lipinski definition) is 5. The van der Waals surface area contributed by atoms with Gasteiger partial charge in [0.05, 0.1) is 0 Å². The second kappa shape index (κ2) is 7.77. The Morgan fingerprint density at radius 1 is 1.08 bits per heavy atom. The molecule has 1 aromatic carbocycles. The summed E-state index contributed by atoms with van der Waals surface area (Å²) in [7, 11) is 3.99. The number of hydrogen-bond donors (Lipinski definition) is 1. The SMILES string of the molecule is CCN(CC)C(=O)c1cc(C)nc(Nc2ccc(N(C)C)cc2)n1. The summed E-state index contributed by atoms with van der Waals surface area (Å²) < 4.78 is 0. The first kappa shape index (κ1) is 17.7. The van der Waals surface area contributed by atoms with E-state index in [-0.39, 0.29) is 5.91 Å². The molecule has 0 saturated carbocycles. The molecule has 0 aliphatic carbocycles. The van der Waals surface area contributed by atoms with Gasteiger partial charge in [0, 0.05) is 44.3 Å². The molecule has 0 unspecified atom stereocenters. The minimum Gasteiger partial charge on any atom is -0.378 e. The fraction of sp³-hybridized carbons (Fsp3) is 0.389. The molecule has 0 radical (unpaired) electrons. The number of rotatable bonds is 6. The van der Waals surface area contributed by atoms with Crippen LogP contribution in [0.4, 0.5) is 17.3 Å². The van der Waals surface area contributed by atoms with Crippen LogP contribution in [0, 0.1) is 6.92 Å². The van der Waals surface area contributed by atoms with Crippen LogP contribution < -0.4 is 10.2 Å². The van der Waals surface area contributed by atoms with E-state index in [4.69, 9.17) is 0 Å². The fourth-order valence-electron chi connectivity index (χ4n) is 2.38. The normalized spacial score (nSPS) is 10.4. The minimum absolute atomic E-state index is 0.0727. The van der Waals surface area contributed by atoms with Crippen molar-refractivity contribution >= 4 is 23.2 Å². The monoisotopic (exact) mass is 327 g/mol. The largest absolute Gasteiger partial charge is 0.378 e. The van der Waals surface area contributed by atoms with Crippen LogP contribution in [0.1, 0.15) is 30.0 Å². The number of aromatic nitrogens is 2. The quantitative estimate of drug-likeness (QED) is 0.883. The van der Waals surface area contributed by atoms with Crippen molar-refractivity contribution in [2.75, 3.05) is 37.4 Å². The van der Waals surface area contributed by atoms with Crippen LogP contribution in [0.15, 0.2) is 30.3 Å². The maximum Gasteiger partial charge on any atom is 0.272 e. The van der Waals surface area contributed by atoms with E-state index in [0.29, 0.717) is 24.7 Å². The standard InChI is InChI=1S/C18H25N5O/c1-6-23(7-2)17(24)16-12-13(3)19-18(21-16)20-14-8-10-15(11-9-14)22(4)5/h8-12H,6-7H2,1-5H3,(H,19,20,21). The second-order valence-electron chi connectivity index (χ2n) is 5.76. The summed E-state index contributed by atoms with van der Waals surface area (Å²) >= 11 is 0. The number of carbonyl (C=O) groups excluding carboxylic acids is 1. The van der Waals surface area contributed by atoms with Crippen molar-refractivity contribution in [3.8, 4) is 0 Å². The predicted octanol–water partition coefficient (Wildman–Crippen LogP) is 3.08. The van der Waals surface area contributed by atoms with E-state index in [0.717, 1.165) is 17.1 Å². The van der Waals surface area contributed by atoms with Gasteiger partial charge in [-0.25, -0.2) is 9.97 Å². The Morgan fingerprint density at radius 3 is 2.25 bits per heavy atom. The summed E-state index contributed by atoms with van der Waals surface area (Å²) in [6, 6.07) is 9.68. The van der Waals surface area contributed by atoms with Crippen LogP contribution in [0.5, 0.6) is 0 Å². The minimum atomic E-state index is -0.0727. The second-order valence-corrected chi connectivity index (χ2v) is 5.76. The molecule has 24 heavy (non-hydrogen) atoms. The smallest absolute Gasteiger partial charge is 0.272 e. The Labute approximate surface area is 143 Å². The Hall–Kier alpha value is -2.63. The van der Waals surface area contributed by atoms with Gasteiger partial charge in [0.15, 0.2) is 0 Å². The van der Waals surface area contributed by atoms with Crippen LogP contribution in [-0.4, -0.2) is 48.0 Å². The predicted molar refractivity (Wildman–Crippen MR) is 98.1 cm³/mol. The molecule has 1 amide bonds. The van der Waals surface area contributed by atoms with Gasteiger partial charge in [0.1, 0.15) is 5.69 Å². The molecular weight excluding hydrogens is 302 g/mol. The summed E-state index contributed by atoms with van der Waals surface area (Å²) in [5.74, 6) is 0.361. The van der Waals surface area contributed by atoms with E-state index in [1.807, 2.05) is 64.0 Å². The highest BCUT2D eigenvalue weighted by atomic mass is 16.2. The molecule has 0 atom stereocenters. The van der Waals surface area contributed by atoms with Crippen LogP contribution in [0.25, 0.3) is 0 Å². The van der Waals surface area contributed by atoms with E-state index < -0.39 is 0 Å². The van der Waals surface area contributed by atoms with Crippen LogP contribution in [0.3, 0.4) is 0 Å². The first-order chi connectivity index (χ1) is 11.4. The molecule has 6 nitrogen and oxygen atoms in total. The third-order valence-electron chi connectivity index (χ3n) is 3.76. The van der Waals surface area contributed by atoms with E-state index in [1.54, 1.807) is 11.0 Å². The van der Waals surface area contributed by atoms with Crippen LogP contribution >= 0.6 is 0 Å². The number of benzene rings is 1. The number of carbonyl (C=O) groups is 1. The zero-order valence-electron chi connectivity index (χ0n) is 15.0. The number of aryl methyl sites for hydroxylation is 1. The maximum atomic E-state index is 12.5. The van der Waals surface area contributed by atoms with Crippen LogP contribution in [-0.2, 0) is 0 Å². The van der Waals surface area contributed by atoms with Gasteiger partial charge in [-0.1, -0.05) is 0 Å². The lowest BCUT2D eigenvalue weighted by Crippen LogP contribution is -2.31. The first-order valence-corrected chi connectivity index (χ1v) is 8.14. The lowest BCUT2D eigenvalue weighted by molar-refractivity contribution is 0.0767. The highest BCUT2D eigenvalue weighted by Crippen LogP contribution is 2.19. The average Bonchev–Trinajstić information content (AvgIpc) is 2.55. The summed E-state index contributed by atoms with van der Waals surface area (Å²) in [6.45, 7) is 7.10. The van der Waals surface area contributed by atoms with Gasteiger partial charge >= 0.3 is 0 Å². The highest BCUT2D eigenvalue weighted by molar-refractivity contribution is 5.92. The van der Waals surface area contributed by atoms with Gasteiger partial charge in [-0.2, -0.15) is 0 Å². The van der Waals surface area contributed by atoms with Gasteiger partial charge in [-0.3, -0.25) is 4.79 Å². The Bertz CT molecular complexity index is 693. The molecule has 0 saturated heterocycles. The van der Waals surface area contributed by atoms with Crippen molar-refractivity contribution in [1.82, 2.24) is 14.9 Å². The van der Waals surface area contributed by atoms with Crippen molar-refractivity contribution in [3.05, 3.63) is 41.7 Å². The fourth-order valence-corrected chi connectivity index (χ4v) is 2.38. The molecule has 0 fully saturated rings. The van der Waals surface area contributed by atoms with Crippen molar-refractivity contribution in [3.63, 3.8) is 0 Å². The van der Waals surface area contributed by atoms with Crippen molar-refractivity contribution in [1.29, 1.82) is 0 Å². The lowest BCUT2D eigenvalue weighted by Gasteiger charge is -2.18. The molecule has 2 aromatic rings.